The van der Waals surface area contributed by atoms with E-state index < -0.39 is 0 Å². The Balaban J connectivity index is 2.44. The first-order chi connectivity index (χ1) is 14.5. The van der Waals surface area contributed by atoms with Crippen molar-refractivity contribution in [2.24, 2.45) is 0 Å². The third-order valence-corrected chi connectivity index (χ3v) is 6.57. The highest BCUT2D eigenvalue weighted by molar-refractivity contribution is 7.99. The van der Waals surface area contributed by atoms with Gasteiger partial charge in [0, 0.05) is 12.2 Å². The Kier molecular flexibility index (Phi) is 12.1. The molecule has 31 heavy (non-hydrogen) atoms. The van der Waals surface area contributed by atoms with E-state index in [1.54, 1.807) is 0 Å². The number of unbranched alkanes of at least 4 members (excludes halogenated alkanes) is 5. The zero-order chi connectivity index (χ0) is 23.5. The lowest BCUT2D eigenvalue weighted by molar-refractivity contribution is -0.142. The molecule has 0 spiro atoms. The van der Waals surface area contributed by atoms with Gasteiger partial charge in [-0.15, -0.1) is 0 Å². The lowest BCUT2D eigenvalue weighted by Crippen LogP contribution is -2.18. The molecule has 0 amide bonds. The van der Waals surface area contributed by atoms with Crippen LogP contribution in [-0.2, 0) is 26.8 Å². The number of carbonyl (C=O) groups excluding carboxylic acids is 1. The van der Waals surface area contributed by atoms with Gasteiger partial charge in [-0.3, -0.25) is 4.79 Å². The number of phenolic OH excluding ortho intramolecular Hbond substituents is 1. The second kappa shape index (κ2) is 13.4. The Hall–Kier alpha value is -1.16. The number of rotatable bonds is 13. The second-order valence-corrected chi connectivity index (χ2v) is 11.9. The Labute approximate surface area is 195 Å². The highest BCUT2D eigenvalue weighted by Gasteiger charge is 2.26. The molecule has 1 aromatic rings. The molecule has 0 aromatic heterocycles. The van der Waals surface area contributed by atoms with E-state index >= 15 is 0 Å². The van der Waals surface area contributed by atoms with Crippen molar-refractivity contribution in [1.29, 1.82) is 0 Å². The number of hydrogen-bond acceptors (Lipinski definition) is 4. The third-order valence-electron chi connectivity index (χ3n) is 5.54. The van der Waals surface area contributed by atoms with Crippen LogP contribution in [0.3, 0.4) is 0 Å². The molecule has 0 aliphatic carbocycles. The van der Waals surface area contributed by atoms with Gasteiger partial charge in [0.15, 0.2) is 0 Å². The summed E-state index contributed by atoms with van der Waals surface area (Å²) in [5.41, 5.74) is 2.65. The normalized spacial score (nSPS) is 12.2. The van der Waals surface area contributed by atoms with Crippen LogP contribution in [-0.4, -0.2) is 29.2 Å². The maximum Gasteiger partial charge on any atom is 0.306 e. The lowest BCUT2D eigenvalue weighted by atomic mass is 9.78. The summed E-state index contributed by atoms with van der Waals surface area (Å²) in [6.45, 7) is 15.4. The van der Waals surface area contributed by atoms with Crippen LogP contribution in [0.15, 0.2) is 12.1 Å². The number of phenols is 1. The highest BCUT2D eigenvalue weighted by atomic mass is 32.2. The molecule has 0 saturated carbocycles. The molecule has 0 fully saturated rings. The van der Waals surface area contributed by atoms with Gasteiger partial charge in [-0.25, -0.2) is 0 Å². The molecule has 1 N–H and O–H groups in total. The van der Waals surface area contributed by atoms with Crippen molar-refractivity contribution >= 4 is 17.7 Å². The van der Waals surface area contributed by atoms with E-state index in [-0.39, 0.29) is 16.8 Å². The third kappa shape index (κ3) is 10.8. The first-order valence-corrected chi connectivity index (χ1v) is 13.2. The van der Waals surface area contributed by atoms with Crippen molar-refractivity contribution in [3.8, 4) is 5.75 Å². The van der Waals surface area contributed by atoms with Crippen molar-refractivity contribution in [3.63, 3.8) is 0 Å². The summed E-state index contributed by atoms with van der Waals surface area (Å²) >= 11 is 1.88. The predicted octanol–water partition coefficient (Wildman–Crippen LogP) is 7.56. The largest absolute Gasteiger partial charge is 0.507 e. The fourth-order valence-corrected chi connectivity index (χ4v) is 4.42. The minimum Gasteiger partial charge on any atom is -0.507 e. The number of ether oxygens (including phenoxy) is 1. The van der Waals surface area contributed by atoms with E-state index in [0.717, 1.165) is 28.2 Å². The standard InChI is InChI=1S/C27H46O3S/c1-8-9-10-11-12-13-17-31-18-16-30-24(28)15-14-21-19-22(26(2,3)4)25(29)23(20-21)27(5,6)7/h19-20,29H,8-18H2,1-7H3. The first kappa shape index (κ1) is 27.9. The Morgan fingerprint density at radius 2 is 1.45 bits per heavy atom. The summed E-state index contributed by atoms with van der Waals surface area (Å²) in [4.78, 5) is 12.2. The number of hydrogen-bond donors (Lipinski definition) is 1. The Morgan fingerprint density at radius 3 is 2.00 bits per heavy atom. The van der Waals surface area contributed by atoms with E-state index in [2.05, 4.69) is 48.5 Å². The van der Waals surface area contributed by atoms with Crippen LogP contribution < -0.4 is 0 Å². The summed E-state index contributed by atoms with van der Waals surface area (Å²) < 4.78 is 5.43. The monoisotopic (exact) mass is 450 g/mol. The topological polar surface area (TPSA) is 46.5 Å². The molecule has 0 radical (unpaired) electrons. The Bertz CT molecular complexity index is 633. The van der Waals surface area contributed by atoms with Gasteiger partial charge in [-0.2, -0.15) is 11.8 Å². The van der Waals surface area contributed by atoms with Crippen LogP contribution in [0, 0.1) is 0 Å². The molecular weight excluding hydrogens is 404 g/mol. The average molecular weight is 451 g/mol. The zero-order valence-corrected chi connectivity index (χ0v) is 21.9. The molecular formula is C27H46O3S. The number of thioether (sulfide) groups is 1. The molecule has 1 rings (SSSR count). The molecule has 3 nitrogen and oxygen atoms in total. The van der Waals surface area contributed by atoms with Crippen molar-refractivity contribution in [3.05, 3.63) is 28.8 Å². The number of aryl methyl sites for hydroxylation is 1. The van der Waals surface area contributed by atoms with Crippen LogP contribution in [0.4, 0.5) is 0 Å². The summed E-state index contributed by atoms with van der Waals surface area (Å²) in [7, 11) is 0. The molecule has 0 heterocycles. The molecule has 0 saturated heterocycles. The molecule has 0 atom stereocenters. The smallest absolute Gasteiger partial charge is 0.306 e. The molecule has 1 aromatic carbocycles. The van der Waals surface area contributed by atoms with Crippen LogP contribution in [0.5, 0.6) is 5.75 Å². The lowest BCUT2D eigenvalue weighted by Gasteiger charge is -2.28. The SMILES string of the molecule is CCCCCCCCSCCOC(=O)CCc1cc(C(C)(C)C)c(O)c(C(C)(C)C)c1. The molecule has 0 aliphatic heterocycles. The molecule has 0 unspecified atom stereocenters. The van der Waals surface area contributed by atoms with Crippen LogP contribution in [0.1, 0.15) is 110 Å². The molecule has 0 aliphatic rings. The summed E-state index contributed by atoms with van der Waals surface area (Å²) in [6.07, 6.45) is 8.92. The fraction of sp³-hybridized carbons (Fsp3) is 0.741. The fourth-order valence-electron chi connectivity index (χ4n) is 3.60. The van der Waals surface area contributed by atoms with E-state index in [0.29, 0.717) is 25.2 Å². The number of carbonyl (C=O) groups is 1. The number of aromatic hydroxyl groups is 1. The van der Waals surface area contributed by atoms with Gasteiger partial charge in [-0.05, 0) is 46.1 Å². The number of esters is 1. The minimum absolute atomic E-state index is 0.136. The average Bonchev–Trinajstić information content (AvgIpc) is 2.66. The van der Waals surface area contributed by atoms with Gasteiger partial charge < -0.3 is 9.84 Å². The summed E-state index contributed by atoms with van der Waals surface area (Å²) in [5, 5.41) is 10.8. The Morgan fingerprint density at radius 1 is 0.903 bits per heavy atom. The number of benzene rings is 1. The van der Waals surface area contributed by atoms with Crippen molar-refractivity contribution in [2.75, 3.05) is 18.1 Å². The second-order valence-electron chi connectivity index (χ2n) is 10.6. The summed E-state index contributed by atoms with van der Waals surface area (Å²) in [6, 6.07) is 4.10. The first-order valence-electron chi connectivity index (χ1n) is 12.1. The van der Waals surface area contributed by atoms with Crippen LogP contribution in [0.2, 0.25) is 0 Å². The maximum atomic E-state index is 12.2. The van der Waals surface area contributed by atoms with Crippen molar-refractivity contribution < 1.29 is 14.6 Å². The predicted molar refractivity (Wildman–Crippen MR) is 135 cm³/mol. The van der Waals surface area contributed by atoms with E-state index in [4.69, 9.17) is 4.74 Å². The van der Waals surface area contributed by atoms with Gasteiger partial charge in [0.05, 0.1) is 0 Å². The highest BCUT2D eigenvalue weighted by Crippen LogP contribution is 2.40. The van der Waals surface area contributed by atoms with E-state index in [1.165, 1.54) is 38.5 Å². The molecule has 4 heteroatoms. The van der Waals surface area contributed by atoms with Gasteiger partial charge in [0.25, 0.3) is 0 Å². The van der Waals surface area contributed by atoms with Crippen LogP contribution in [0.25, 0.3) is 0 Å². The zero-order valence-electron chi connectivity index (χ0n) is 21.1. The van der Waals surface area contributed by atoms with E-state index in [9.17, 15) is 9.90 Å². The molecule has 178 valence electrons. The van der Waals surface area contributed by atoms with Crippen LogP contribution >= 0.6 is 11.8 Å². The van der Waals surface area contributed by atoms with Gasteiger partial charge in [0.2, 0.25) is 0 Å². The van der Waals surface area contributed by atoms with Gasteiger partial charge >= 0.3 is 5.97 Å². The van der Waals surface area contributed by atoms with Gasteiger partial charge in [0.1, 0.15) is 12.4 Å². The maximum absolute atomic E-state index is 12.2. The van der Waals surface area contributed by atoms with Crippen molar-refractivity contribution in [1.82, 2.24) is 0 Å². The minimum atomic E-state index is -0.159. The molecule has 0 bridgehead atoms. The van der Waals surface area contributed by atoms with Crippen molar-refractivity contribution in [2.45, 2.75) is 111 Å². The quantitative estimate of drug-likeness (QED) is 0.249. The van der Waals surface area contributed by atoms with E-state index in [1.807, 2.05) is 23.9 Å². The summed E-state index contributed by atoms with van der Waals surface area (Å²) in [5.74, 6) is 2.28. The van der Waals surface area contributed by atoms with Gasteiger partial charge in [-0.1, -0.05) is 92.7 Å².